The third-order valence-electron chi connectivity index (χ3n) is 4.81. The average molecular weight is 511 g/mol. The van der Waals surface area contributed by atoms with E-state index in [9.17, 15) is 4.79 Å². The third-order valence-corrected chi connectivity index (χ3v) is 4.81. The number of aryl methyl sites for hydroxylation is 2. The van der Waals surface area contributed by atoms with Gasteiger partial charge in [0.15, 0.2) is 5.96 Å². The number of hydrogen-bond donors (Lipinski definition) is 2. The van der Waals surface area contributed by atoms with Crippen LogP contribution in [-0.2, 0) is 19.4 Å². The molecule has 2 N–H and O–H groups in total. The summed E-state index contributed by atoms with van der Waals surface area (Å²) in [6, 6.07) is 8.05. The van der Waals surface area contributed by atoms with Gasteiger partial charge in [0, 0.05) is 45.7 Å². The number of nitrogens with zero attached hydrogens (tertiary/aromatic N) is 5. The van der Waals surface area contributed by atoms with Gasteiger partial charge in [-0.2, -0.15) is 5.10 Å². The van der Waals surface area contributed by atoms with Crippen molar-refractivity contribution >= 4 is 35.8 Å². The molecule has 0 bridgehead atoms. The molecule has 1 atom stereocenters. The van der Waals surface area contributed by atoms with Gasteiger partial charge in [-0.3, -0.25) is 9.79 Å². The molecule has 0 fully saturated rings. The number of hydrogen-bond acceptors (Lipinski definition) is 4. The summed E-state index contributed by atoms with van der Waals surface area (Å²) in [6.07, 6.45) is 2.74. The molecule has 0 saturated heterocycles. The highest BCUT2D eigenvalue weighted by molar-refractivity contribution is 14.0. The van der Waals surface area contributed by atoms with Gasteiger partial charge >= 0.3 is 0 Å². The fourth-order valence-corrected chi connectivity index (χ4v) is 3.38. The molecule has 1 unspecified atom stereocenters. The number of guanidine groups is 1. The van der Waals surface area contributed by atoms with Gasteiger partial charge in [-0.25, -0.2) is 9.67 Å². The first kappa shape index (κ1) is 23.1. The number of rotatable bonds is 5. The number of aromatic nitrogens is 3. The van der Waals surface area contributed by atoms with Crippen molar-refractivity contribution in [2.75, 3.05) is 27.7 Å². The lowest BCUT2D eigenvalue weighted by molar-refractivity contribution is 0.0827. The molecule has 3 rings (SSSR count). The predicted molar refractivity (Wildman–Crippen MR) is 125 cm³/mol. The standard InChI is InChI=1S/C20H29N7O.HI/c1-14-23-18-9-8-17(13-27(18)25-14)24-20(21-2)22-11-10-15-6-5-7-16(12-15)19(28)26(3)4;/h5-7,12,17H,8-11,13H2,1-4H3,(H2,21,22,24);1H. The van der Waals surface area contributed by atoms with Crippen LogP contribution in [0.4, 0.5) is 0 Å². The van der Waals surface area contributed by atoms with Crippen molar-refractivity contribution in [3.63, 3.8) is 0 Å². The topological polar surface area (TPSA) is 87.4 Å². The van der Waals surface area contributed by atoms with E-state index in [2.05, 4.69) is 25.7 Å². The van der Waals surface area contributed by atoms with Gasteiger partial charge in [0.1, 0.15) is 11.6 Å². The smallest absolute Gasteiger partial charge is 0.253 e. The minimum Gasteiger partial charge on any atom is -0.356 e. The van der Waals surface area contributed by atoms with E-state index in [1.165, 1.54) is 0 Å². The van der Waals surface area contributed by atoms with E-state index in [1.807, 2.05) is 35.9 Å². The number of carbonyl (C=O) groups is 1. The van der Waals surface area contributed by atoms with Gasteiger partial charge in [-0.15, -0.1) is 24.0 Å². The Labute approximate surface area is 189 Å². The first-order valence-electron chi connectivity index (χ1n) is 9.64. The van der Waals surface area contributed by atoms with Gasteiger partial charge in [-0.05, 0) is 37.5 Å². The second-order valence-electron chi connectivity index (χ2n) is 7.29. The van der Waals surface area contributed by atoms with Gasteiger partial charge in [0.2, 0.25) is 0 Å². The molecule has 8 nitrogen and oxygen atoms in total. The van der Waals surface area contributed by atoms with Crippen LogP contribution in [0, 0.1) is 6.92 Å². The fourth-order valence-electron chi connectivity index (χ4n) is 3.38. The van der Waals surface area contributed by atoms with Crippen LogP contribution < -0.4 is 10.6 Å². The van der Waals surface area contributed by atoms with Crippen LogP contribution in [0.25, 0.3) is 0 Å². The highest BCUT2D eigenvalue weighted by atomic mass is 127. The van der Waals surface area contributed by atoms with E-state index < -0.39 is 0 Å². The zero-order valence-electron chi connectivity index (χ0n) is 17.5. The summed E-state index contributed by atoms with van der Waals surface area (Å²) >= 11 is 0. The molecular formula is C20H30IN7O. The molecule has 0 saturated carbocycles. The Hall–Kier alpha value is -2.17. The maximum Gasteiger partial charge on any atom is 0.253 e. The Kier molecular flexibility index (Phi) is 8.42. The molecule has 1 amide bonds. The number of benzene rings is 1. The van der Waals surface area contributed by atoms with Crippen molar-refractivity contribution in [1.82, 2.24) is 30.3 Å². The van der Waals surface area contributed by atoms with Gasteiger partial charge in [0.25, 0.3) is 5.91 Å². The maximum absolute atomic E-state index is 12.1. The molecule has 0 radical (unpaired) electrons. The Bertz CT molecular complexity index is 862. The lowest BCUT2D eigenvalue weighted by Gasteiger charge is -2.25. The molecular weight excluding hydrogens is 481 g/mol. The van der Waals surface area contributed by atoms with Crippen molar-refractivity contribution in [3.05, 3.63) is 47.0 Å². The minimum absolute atomic E-state index is 0. The predicted octanol–water partition coefficient (Wildman–Crippen LogP) is 1.63. The summed E-state index contributed by atoms with van der Waals surface area (Å²) < 4.78 is 1.98. The number of halogens is 1. The zero-order valence-corrected chi connectivity index (χ0v) is 19.8. The van der Waals surface area contributed by atoms with Crippen LogP contribution in [0.5, 0.6) is 0 Å². The van der Waals surface area contributed by atoms with Crippen molar-refractivity contribution in [3.8, 4) is 0 Å². The first-order valence-corrected chi connectivity index (χ1v) is 9.64. The zero-order chi connectivity index (χ0) is 20.1. The fraction of sp³-hybridized carbons (Fsp3) is 0.500. The molecule has 0 aliphatic carbocycles. The summed E-state index contributed by atoms with van der Waals surface area (Å²) in [4.78, 5) is 22.5. The molecule has 2 aromatic rings. The van der Waals surface area contributed by atoms with E-state index in [4.69, 9.17) is 0 Å². The van der Waals surface area contributed by atoms with Crippen LogP contribution in [0.2, 0.25) is 0 Å². The van der Waals surface area contributed by atoms with Crippen molar-refractivity contribution < 1.29 is 4.79 Å². The number of amides is 1. The Morgan fingerprint density at radius 3 is 2.90 bits per heavy atom. The lowest BCUT2D eigenvalue weighted by Crippen LogP contribution is -2.47. The molecule has 9 heteroatoms. The highest BCUT2D eigenvalue weighted by Gasteiger charge is 2.21. The van der Waals surface area contributed by atoms with Gasteiger partial charge in [-0.1, -0.05) is 12.1 Å². The largest absolute Gasteiger partial charge is 0.356 e. The van der Waals surface area contributed by atoms with Gasteiger partial charge in [0.05, 0.1) is 6.54 Å². The quantitative estimate of drug-likeness (QED) is 0.362. The van der Waals surface area contributed by atoms with Crippen LogP contribution in [-0.4, -0.2) is 65.3 Å². The number of aliphatic imine (C=N–C) groups is 1. The monoisotopic (exact) mass is 511 g/mol. The van der Waals surface area contributed by atoms with E-state index >= 15 is 0 Å². The first-order chi connectivity index (χ1) is 13.5. The molecule has 1 aromatic carbocycles. The van der Waals surface area contributed by atoms with Crippen LogP contribution >= 0.6 is 24.0 Å². The molecule has 1 aliphatic heterocycles. The molecule has 0 spiro atoms. The summed E-state index contributed by atoms with van der Waals surface area (Å²) in [5.74, 6) is 2.69. The summed E-state index contributed by atoms with van der Waals surface area (Å²) in [7, 11) is 5.31. The SMILES string of the molecule is CN=C(NCCc1cccc(C(=O)N(C)C)c1)NC1CCc2nc(C)nn2C1.I. The van der Waals surface area contributed by atoms with Crippen LogP contribution in [0.1, 0.15) is 34.0 Å². The van der Waals surface area contributed by atoms with Crippen LogP contribution in [0.3, 0.4) is 0 Å². The third kappa shape index (κ3) is 6.15. The van der Waals surface area contributed by atoms with E-state index in [0.717, 1.165) is 55.5 Å². The molecule has 158 valence electrons. The number of fused-ring (bicyclic) bond motifs is 1. The average Bonchev–Trinajstić information content (AvgIpc) is 3.06. The molecule has 2 heterocycles. The molecule has 1 aromatic heterocycles. The second-order valence-corrected chi connectivity index (χ2v) is 7.29. The van der Waals surface area contributed by atoms with E-state index in [-0.39, 0.29) is 35.9 Å². The van der Waals surface area contributed by atoms with Gasteiger partial charge < -0.3 is 15.5 Å². The summed E-state index contributed by atoms with van der Waals surface area (Å²) in [5, 5.41) is 11.3. The lowest BCUT2D eigenvalue weighted by atomic mass is 10.1. The Morgan fingerprint density at radius 2 is 2.17 bits per heavy atom. The van der Waals surface area contributed by atoms with Crippen molar-refractivity contribution in [2.24, 2.45) is 4.99 Å². The Morgan fingerprint density at radius 1 is 1.38 bits per heavy atom. The summed E-state index contributed by atoms with van der Waals surface area (Å²) in [6.45, 7) is 3.46. The normalized spacial score (nSPS) is 15.9. The van der Waals surface area contributed by atoms with Crippen molar-refractivity contribution in [1.29, 1.82) is 0 Å². The van der Waals surface area contributed by atoms with Crippen LogP contribution in [0.15, 0.2) is 29.3 Å². The number of nitrogens with one attached hydrogen (secondary N) is 2. The molecule has 1 aliphatic rings. The second kappa shape index (κ2) is 10.6. The minimum atomic E-state index is 0. The number of carbonyl (C=O) groups excluding carboxylic acids is 1. The molecule has 29 heavy (non-hydrogen) atoms. The highest BCUT2D eigenvalue weighted by Crippen LogP contribution is 2.13. The van der Waals surface area contributed by atoms with E-state index in [1.54, 1.807) is 26.0 Å². The summed E-state index contributed by atoms with van der Waals surface area (Å²) in [5.41, 5.74) is 1.84. The van der Waals surface area contributed by atoms with Crippen molar-refractivity contribution in [2.45, 2.75) is 38.8 Å². The Balaban J connectivity index is 0.00000300. The van der Waals surface area contributed by atoms with E-state index in [0.29, 0.717) is 5.56 Å². The maximum atomic E-state index is 12.1.